The summed E-state index contributed by atoms with van der Waals surface area (Å²) in [5, 5.41) is 4.46. The van der Waals surface area contributed by atoms with E-state index >= 15 is 0 Å². The predicted molar refractivity (Wildman–Crippen MR) is 144 cm³/mol. The van der Waals surface area contributed by atoms with E-state index in [1.54, 1.807) is 17.7 Å². The molecule has 3 N–H and O–H groups in total. The predicted octanol–water partition coefficient (Wildman–Crippen LogP) is 4.00. The number of ketones is 1. The summed E-state index contributed by atoms with van der Waals surface area (Å²) in [6.07, 6.45) is 3.21. The van der Waals surface area contributed by atoms with Crippen molar-refractivity contribution in [1.82, 2.24) is 15.0 Å². The molecule has 4 heterocycles. The van der Waals surface area contributed by atoms with Gasteiger partial charge in [-0.05, 0) is 43.5 Å². The van der Waals surface area contributed by atoms with Crippen LogP contribution >= 0.6 is 11.3 Å². The first-order valence-corrected chi connectivity index (χ1v) is 13.0. The van der Waals surface area contributed by atoms with Gasteiger partial charge in [0.1, 0.15) is 23.6 Å². The van der Waals surface area contributed by atoms with Crippen LogP contribution in [0.4, 0.5) is 11.5 Å². The third-order valence-corrected chi connectivity index (χ3v) is 7.46. The van der Waals surface area contributed by atoms with Gasteiger partial charge in [-0.3, -0.25) is 9.59 Å². The number of carbonyl (C=O) groups is 2. The van der Waals surface area contributed by atoms with Gasteiger partial charge in [0.2, 0.25) is 0 Å². The highest BCUT2D eigenvalue weighted by atomic mass is 32.1. The number of fused-ring (bicyclic) bond motifs is 4. The number of pyridine rings is 1. The Morgan fingerprint density at radius 2 is 2.08 bits per heavy atom. The minimum atomic E-state index is -0.477. The number of nitrogen functional groups attached to an aromatic ring is 1. The van der Waals surface area contributed by atoms with Gasteiger partial charge >= 0.3 is 5.97 Å². The molecule has 192 valence electrons. The average molecular weight is 520 g/mol. The van der Waals surface area contributed by atoms with Crippen LogP contribution in [0, 0.1) is 0 Å². The highest BCUT2D eigenvalue weighted by Gasteiger charge is 2.28. The zero-order chi connectivity index (χ0) is 26.2. The van der Waals surface area contributed by atoms with Gasteiger partial charge in [-0.15, -0.1) is 11.3 Å². The van der Waals surface area contributed by atoms with Crippen LogP contribution in [0.1, 0.15) is 43.2 Å². The Labute approximate surface area is 218 Å². The zero-order valence-electron chi connectivity index (χ0n) is 21.1. The third-order valence-electron chi connectivity index (χ3n) is 6.37. The summed E-state index contributed by atoms with van der Waals surface area (Å²) in [7, 11) is 0. The Hall–Kier alpha value is -3.63. The number of nitrogens with one attached hydrogen (secondary N) is 1. The maximum atomic E-state index is 12.0. The Morgan fingerprint density at radius 1 is 1.24 bits per heavy atom. The first kappa shape index (κ1) is 25.0. The Bertz CT molecular complexity index is 1510. The van der Waals surface area contributed by atoms with E-state index in [1.165, 1.54) is 6.92 Å². The molecule has 9 nitrogen and oxygen atoms in total. The third kappa shape index (κ3) is 5.55. The van der Waals surface area contributed by atoms with E-state index < -0.39 is 5.97 Å². The van der Waals surface area contributed by atoms with Crippen molar-refractivity contribution >= 4 is 55.0 Å². The molecule has 3 aromatic heterocycles. The molecule has 37 heavy (non-hydrogen) atoms. The number of nitrogens with two attached hydrogens (primary N) is 1. The summed E-state index contributed by atoms with van der Waals surface area (Å²) in [6.45, 7) is 6.42. The van der Waals surface area contributed by atoms with E-state index in [1.807, 2.05) is 18.2 Å². The molecule has 0 radical (unpaired) electrons. The molecule has 1 aliphatic rings. The van der Waals surface area contributed by atoms with Crippen LogP contribution in [-0.4, -0.2) is 45.5 Å². The Kier molecular flexibility index (Phi) is 6.78. The zero-order valence-corrected chi connectivity index (χ0v) is 21.9. The number of Topliss-reactive ketones (excluding diaryl/α,β-unsaturated/α-hetero) is 1. The topological polar surface area (TPSA) is 129 Å². The molecule has 0 amide bonds. The first-order chi connectivity index (χ1) is 17.7. The number of esters is 1. The van der Waals surface area contributed by atoms with E-state index in [9.17, 15) is 9.59 Å². The maximum absolute atomic E-state index is 12.0. The summed E-state index contributed by atoms with van der Waals surface area (Å²) in [6, 6.07) is 7.84. The number of nitrogens with zero attached hydrogens (tertiary/aromatic N) is 3. The number of aromatic nitrogens is 3. The van der Waals surface area contributed by atoms with Crippen molar-refractivity contribution in [2.45, 2.75) is 52.2 Å². The quantitative estimate of drug-likeness (QED) is 0.262. The SMILES string of the molecule is CC(=O)OCC(=O)Cc1ccc(CCNc2ncnc3c2sc2nc4c(cc23)COC(C)(C)C4)cc1N. The van der Waals surface area contributed by atoms with Crippen LogP contribution in [0.2, 0.25) is 0 Å². The van der Waals surface area contributed by atoms with Gasteiger partial charge in [-0.1, -0.05) is 12.1 Å². The molecule has 0 saturated heterocycles. The second-order valence-corrected chi connectivity index (χ2v) is 10.9. The van der Waals surface area contributed by atoms with Gasteiger partial charge < -0.3 is 20.5 Å². The van der Waals surface area contributed by atoms with Gasteiger partial charge in [0, 0.05) is 42.9 Å². The van der Waals surface area contributed by atoms with Gasteiger partial charge in [-0.25, -0.2) is 15.0 Å². The molecule has 0 unspecified atom stereocenters. The van der Waals surface area contributed by atoms with E-state index in [4.69, 9.17) is 20.2 Å². The molecule has 0 atom stereocenters. The molecule has 0 bridgehead atoms. The highest BCUT2D eigenvalue weighted by molar-refractivity contribution is 7.25. The van der Waals surface area contributed by atoms with Crippen LogP contribution < -0.4 is 11.1 Å². The van der Waals surface area contributed by atoms with Crippen LogP contribution in [-0.2, 0) is 44.9 Å². The van der Waals surface area contributed by atoms with Crippen molar-refractivity contribution < 1.29 is 19.1 Å². The average Bonchev–Trinajstić information content (AvgIpc) is 3.20. The molecule has 0 saturated carbocycles. The van der Waals surface area contributed by atoms with Crippen LogP contribution in [0.25, 0.3) is 20.4 Å². The van der Waals surface area contributed by atoms with E-state index in [-0.39, 0.29) is 24.4 Å². The lowest BCUT2D eigenvalue weighted by molar-refractivity contribution is -0.145. The van der Waals surface area contributed by atoms with Crippen molar-refractivity contribution in [3.8, 4) is 0 Å². The fraction of sp³-hybridized carbons (Fsp3) is 0.370. The molecule has 0 fully saturated rings. The van der Waals surface area contributed by atoms with Crippen molar-refractivity contribution in [2.24, 2.45) is 0 Å². The van der Waals surface area contributed by atoms with Crippen LogP contribution in [0.5, 0.6) is 0 Å². The van der Waals surface area contributed by atoms with E-state index in [2.05, 4.69) is 35.2 Å². The monoisotopic (exact) mass is 519 g/mol. The minimum Gasteiger partial charge on any atom is -0.458 e. The standard InChI is InChI=1S/C27H29N5O4S/c1-15(33)35-13-19(34)9-17-5-4-16(8-21(17)28)6-7-29-25-24-23(30-14-31-25)20-10-18-12-36-27(2,3)11-22(18)32-26(20)37-24/h4-5,8,10,14H,6-7,9,11-13,28H2,1-3H3,(H,29,30,31). The van der Waals surface area contributed by atoms with Gasteiger partial charge in [0.15, 0.2) is 5.78 Å². The lowest BCUT2D eigenvalue weighted by Crippen LogP contribution is -2.32. The molecule has 1 aromatic carbocycles. The molecule has 10 heteroatoms. The largest absolute Gasteiger partial charge is 0.458 e. The van der Waals surface area contributed by atoms with E-state index in [0.29, 0.717) is 18.8 Å². The highest BCUT2D eigenvalue weighted by Crippen LogP contribution is 2.38. The maximum Gasteiger partial charge on any atom is 0.303 e. The molecular formula is C27H29N5O4S. The second kappa shape index (κ2) is 10.0. The molecule has 5 rings (SSSR count). The van der Waals surface area contributed by atoms with Gasteiger partial charge in [0.05, 0.1) is 28.1 Å². The normalized spacial score (nSPS) is 14.5. The Balaban J connectivity index is 1.27. The number of ether oxygens (including phenoxy) is 2. The van der Waals surface area contributed by atoms with Crippen LogP contribution in [0.3, 0.4) is 0 Å². The van der Waals surface area contributed by atoms with Crippen molar-refractivity contribution in [3.63, 3.8) is 0 Å². The first-order valence-electron chi connectivity index (χ1n) is 12.1. The number of anilines is 2. The van der Waals surface area contributed by atoms with Gasteiger partial charge in [-0.2, -0.15) is 0 Å². The lowest BCUT2D eigenvalue weighted by Gasteiger charge is -2.30. The van der Waals surface area contributed by atoms with Crippen molar-refractivity contribution in [3.05, 3.63) is 53.0 Å². The number of thiophene rings is 1. The fourth-order valence-electron chi connectivity index (χ4n) is 4.44. The molecule has 1 aliphatic heterocycles. The summed E-state index contributed by atoms with van der Waals surface area (Å²) in [5.74, 6) is 0.108. The van der Waals surface area contributed by atoms with Crippen LogP contribution in [0.15, 0.2) is 30.6 Å². The smallest absolute Gasteiger partial charge is 0.303 e. The number of hydrogen-bond acceptors (Lipinski definition) is 10. The molecule has 4 aromatic rings. The van der Waals surface area contributed by atoms with E-state index in [0.717, 1.165) is 61.5 Å². The van der Waals surface area contributed by atoms with Crippen molar-refractivity contribution in [2.75, 3.05) is 24.2 Å². The minimum absolute atomic E-state index is 0.129. The lowest BCUT2D eigenvalue weighted by atomic mass is 9.95. The molecule has 0 aliphatic carbocycles. The number of hydrogen-bond donors (Lipinski definition) is 2. The van der Waals surface area contributed by atoms with Gasteiger partial charge in [0.25, 0.3) is 0 Å². The summed E-state index contributed by atoms with van der Waals surface area (Å²) in [4.78, 5) is 37.8. The van der Waals surface area contributed by atoms with Crippen molar-refractivity contribution in [1.29, 1.82) is 0 Å². The number of benzene rings is 1. The number of rotatable bonds is 8. The summed E-state index contributed by atoms with van der Waals surface area (Å²) >= 11 is 1.60. The molecular weight excluding hydrogens is 490 g/mol. The number of carbonyl (C=O) groups excluding carboxylic acids is 2. The Morgan fingerprint density at radius 3 is 2.86 bits per heavy atom. The fourth-order valence-corrected chi connectivity index (χ4v) is 5.54. The molecule has 0 spiro atoms. The summed E-state index contributed by atoms with van der Waals surface area (Å²) < 4.78 is 11.7. The summed E-state index contributed by atoms with van der Waals surface area (Å²) in [5.41, 5.74) is 11.4. The second-order valence-electron chi connectivity index (χ2n) is 9.88.